The lowest BCUT2D eigenvalue weighted by molar-refractivity contribution is -0.0907. The van der Waals surface area contributed by atoms with E-state index >= 15 is 0 Å². The molecule has 0 radical (unpaired) electrons. The summed E-state index contributed by atoms with van der Waals surface area (Å²) in [5.74, 6) is 0.687. The second-order valence-electron chi connectivity index (χ2n) is 14.4. The van der Waals surface area contributed by atoms with Crippen molar-refractivity contribution in [1.29, 1.82) is 0 Å². The zero-order valence-electron chi connectivity index (χ0n) is 29.2. The molecule has 2 aromatic rings. The molecule has 14 nitrogen and oxygen atoms in total. The number of likely N-dealkylation sites (tertiary alicyclic amines) is 1. The highest BCUT2D eigenvalue weighted by Gasteiger charge is 2.44. The molecule has 2 N–H and O–H groups in total. The van der Waals surface area contributed by atoms with Gasteiger partial charge in [0.2, 0.25) is 16.8 Å². The molecule has 51 heavy (non-hydrogen) atoms. The number of hydrogen-bond donors (Lipinski definition) is 2. The van der Waals surface area contributed by atoms with Gasteiger partial charge in [0.25, 0.3) is 0 Å². The number of fused-ring (bicyclic) bond motifs is 2. The second-order valence-corrected chi connectivity index (χ2v) is 16.3. The summed E-state index contributed by atoms with van der Waals surface area (Å²) in [7, 11) is -4.20. The maximum absolute atomic E-state index is 14.4. The van der Waals surface area contributed by atoms with Crippen LogP contribution in [-0.2, 0) is 35.4 Å². The zero-order chi connectivity index (χ0) is 36.0. The van der Waals surface area contributed by atoms with Gasteiger partial charge in [-0.25, -0.2) is 18.0 Å². The highest BCUT2D eigenvalue weighted by molar-refractivity contribution is 7.89. The van der Waals surface area contributed by atoms with Crippen molar-refractivity contribution in [3.05, 3.63) is 54.1 Å². The standard InChI is InChI=1S/C36H49N3O11S/c1-36(2,14-8-17-46-35(42)38-15-6-7-16-38)23-39(51(43,44)26-11-12-30-31(20-26)49-24-48-30)21-29(40)28(19-25-9-4-3-5-10-25)37-34(41)50-32-22-47-33-27(32)13-18-45-33/h3-5,9-12,20,27-29,32-33,40H,6-8,13-19,21-24H2,1-2H3,(H,37,41)/t27-,28-,29+,32-,33+/m0/s1. The molecule has 4 aliphatic heterocycles. The number of sulfonamides is 1. The molecule has 0 spiro atoms. The summed E-state index contributed by atoms with van der Waals surface area (Å²) >= 11 is 0. The van der Waals surface area contributed by atoms with E-state index in [-0.39, 0.29) is 56.4 Å². The number of ether oxygens (including phenoxy) is 6. The Labute approximate surface area is 299 Å². The molecule has 0 unspecified atom stereocenters. The number of amides is 2. The Balaban J connectivity index is 1.18. The van der Waals surface area contributed by atoms with Crippen LogP contribution >= 0.6 is 0 Å². The van der Waals surface area contributed by atoms with Gasteiger partial charge in [-0.15, -0.1) is 0 Å². The van der Waals surface area contributed by atoms with Crippen LogP contribution in [0.4, 0.5) is 9.59 Å². The van der Waals surface area contributed by atoms with Crippen molar-refractivity contribution in [3.63, 3.8) is 0 Å². The van der Waals surface area contributed by atoms with Gasteiger partial charge in [-0.1, -0.05) is 44.2 Å². The van der Waals surface area contributed by atoms with E-state index in [9.17, 15) is 23.1 Å². The number of rotatable bonds is 15. The maximum Gasteiger partial charge on any atom is 0.409 e. The predicted molar refractivity (Wildman–Crippen MR) is 184 cm³/mol. The number of alkyl carbamates (subject to hydrolysis) is 1. The molecule has 0 aliphatic carbocycles. The molecule has 3 saturated heterocycles. The lowest BCUT2D eigenvalue weighted by Crippen LogP contribution is -2.52. The molecular formula is C36H49N3O11S. The Hall–Kier alpha value is -3.63. The van der Waals surface area contributed by atoms with Gasteiger partial charge < -0.3 is 43.7 Å². The molecule has 2 amide bonds. The van der Waals surface area contributed by atoms with Crippen molar-refractivity contribution in [1.82, 2.24) is 14.5 Å². The molecule has 15 heteroatoms. The summed E-state index contributed by atoms with van der Waals surface area (Å²) < 4.78 is 63.2. The first kappa shape index (κ1) is 37.1. The first-order chi connectivity index (χ1) is 24.5. The van der Waals surface area contributed by atoms with E-state index in [1.54, 1.807) is 11.0 Å². The molecule has 5 atom stereocenters. The van der Waals surface area contributed by atoms with Gasteiger partial charge in [0, 0.05) is 32.2 Å². The zero-order valence-corrected chi connectivity index (χ0v) is 30.1. The molecule has 0 saturated carbocycles. The first-order valence-electron chi connectivity index (χ1n) is 17.7. The van der Waals surface area contributed by atoms with Crippen molar-refractivity contribution in [2.45, 2.75) is 81.8 Å². The largest absolute Gasteiger partial charge is 0.454 e. The molecule has 4 heterocycles. The van der Waals surface area contributed by atoms with Crippen molar-refractivity contribution in [3.8, 4) is 11.5 Å². The summed E-state index contributed by atoms with van der Waals surface area (Å²) in [6.07, 6.45) is 0.644. The minimum atomic E-state index is -4.20. The fourth-order valence-electron chi connectivity index (χ4n) is 7.05. The monoisotopic (exact) mass is 731 g/mol. The number of nitrogens with one attached hydrogen (secondary N) is 1. The van der Waals surface area contributed by atoms with Gasteiger partial charge in [0.05, 0.1) is 42.8 Å². The van der Waals surface area contributed by atoms with Crippen LogP contribution in [0.2, 0.25) is 0 Å². The second kappa shape index (κ2) is 16.4. The molecule has 3 fully saturated rings. The SMILES string of the molecule is CC(C)(CCCOC(=O)N1CCCC1)CN(C[C@@H](O)[C@H](Cc1ccccc1)NC(=O)O[C@H]1CO[C@H]2OCC[C@H]21)S(=O)(=O)c1ccc2c(c1)OCO2. The summed E-state index contributed by atoms with van der Waals surface area (Å²) in [5, 5.41) is 14.6. The summed E-state index contributed by atoms with van der Waals surface area (Å²) in [6.45, 7) is 5.91. The van der Waals surface area contributed by atoms with Gasteiger partial charge >= 0.3 is 12.2 Å². The molecule has 6 rings (SSSR count). The van der Waals surface area contributed by atoms with Crippen LogP contribution in [0, 0.1) is 11.3 Å². The molecule has 0 bridgehead atoms. The fourth-order valence-corrected chi connectivity index (χ4v) is 8.71. The van der Waals surface area contributed by atoms with Crippen LogP contribution in [0.3, 0.4) is 0 Å². The van der Waals surface area contributed by atoms with Crippen molar-refractivity contribution in [2.75, 3.05) is 52.8 Å². The number of nitrogens with zero attached hydrogens (tertiary/aromatic N) is 2. The Kier molecular flexibility index (Phi) is 11.9. The van der Waals surface area contributed by atoms with Crippen LogP contribution in [0.25, 0.3) is 0 Å². The molecule has 2 aromatic carbocycles. The average Bonchev–Trinajstić information content (AvgIpc) is 3.93. The Bertz CT molecular complexity index is 1600. The van der Waals surface area contributed by atoms with E-state index in [4.69, 9.17) is 28.4 Å². The fraction of sp³-hybridized carbons (Fsp3) is 0.611. The van der Waals surface area contributed by atoms with Gasteiger partial charge in [-0.05, 0) is 61.6 Å². The highest BCUT2D eigenvalue weighted by Crippen LogP contribution is 2.36. The lowest BCUT2D eigenvalue weighted by atomic mass is 9.87. The molecule has 4 aliphatic rings. The number of carbonyl (C=O) groups excluding carboxylic acids is 2. The minimum Gasteiger partial charge on any atom is -0.454 e. The van der Waals surface area contributed by atoms with Crippen LogP contribution in [0.5, 0.6) is 11.5 Å². The van der Waals surface area contributed by atoms with Gasteiger partial charge in [0.1, 0.15) is 6.10 Å². The number of hydrogen-bond acceptors (Lipinski definition) is 11. The third-order valence-electron chi connectivity index (χ3n) is 9.87. The third-order valence-corrected chi connectivity index (χ3v) is 11.7. The molecule has 280 valence electrons. The molecular weight excluding hydrogens is 682 g/mol. The summed E-state index contributed by atoms with van der Waals surface area (Å²) in [4.78, 5) is 27.3. The van der Waals surface area contributed by atoms with E-state index in [1.807, 2.05) is 44.2 Å². The third kappa shape index (κ3) is 9.43. The topological polar surface area (TPSA) is 162 Å². The van der Waals surface area contributed by atoms with Crippen molar-refractivity contribution < 1.29 is 51.5 Å². The van der Waals surface area contributed by atoms with Gasteiger partial charge in [-0.2, -0.15) is 4.31 Å². The molecule has 0 aromatic heterocycles. The Morgan fingerprint density at radius 3 is 2.63 bits per heavy atom. The quantitative estimate of drug-likeness (QED) is 0.256. The maximum atomic E-state index is 14.4. The van der Waals surface area contributed by atoms with E-state index in [1.165, 1.54) is 16.4 Å². The van der Waals surface area contributed by atoms with Crippen molar-refractivity contribution in [2.24, 2.45) is 11.3 Å². The summed E-state index contributed by atoms with van der Waals surface area (Å²) in [6, 6.07) is 12.8. The average molecular weight is 732 g/mol. The van der Waals surface area contributed by atoms with Crippen LogP contribution in [0.15, 0.2) is 53.4 Å². The highest BCUT2D eigenvalue weighted by atomic mass is 32.2. The van der Waals surface area contributed by atoms with Crippen LogP contribution in [-0.4, -0.2) is 112 Å². The predicted octanol–water partition coefficient (Wildman–Crippen LogP) is 3.90. The summed E-state index contributed by atoms with van der Waals surface area (Å²) in [5.41, 5.74) is 0.247. The van der Waals surface area contributed by atoms with E-state index in [0.29, 0.717) is 50.5 Å². The minimum absolute atomic E-state index is 0.0129. The first-order valence-corrected chi connectivity index (χ1v) is 19.2. The number of aliphatic hydroxyl groups is 1. The van der Waals surface area contributed by atoms with E-state index < -0.39 is 46.1 Å². The van der Waals surface area contributed by atoms with Gasteiger partial charge in [-0.3, -0.25) is 0 Å². The number of aliphatic hydroxyl groups excluding tert-OH is 1. The Morgan fingerprint density at radius 1 is 1.08 bits per heavy atom. The normalized spacial score (nSPS) is 22.5. The van der Waals surface area contributed by atoms with Crippen molar-refractivity contribution >= 4 is 22.2 Å². The Morgan fingerprint density at radius 2 is 1.84 bits per heavy atom. The van der Waals surface area contributed by atoms with Crippen LogP contribution < -0.4 is 14.8 Å². The number of benzene rings is 2. The van der Waals surface area contributed by atoms with E-state index in [0.717, 1.165) is 18.4 Å². The smallest absolute Gasteiger partial charge is 0.409 e. The lowest BCUT2D eigenvalue weighted by Gasteiger charge is -2.35. The van der Waals surface area contributed by atoms with Gasteiger partial charge in [0.15, 0.2) is 17.8 Å². The van der Waals surface area contributed by atoms with E-state index in [2.05, 4.69) is 5.32 Å². The van der Waals surface area contributed by atoms with Crippen LogP contribution in [0.1, 0.15) is 51.5 Å². The number of carbonyl (C=O) groups is 2.